The number of nitrogens with one attached hydrogen (secondary N) is 2. The first-order valence-corrected chi connectivity index (χ1v) is 9.24. The minimum absolute atomic E-state index is 0. The Bertz CT molecular complexity index is 475. The molecule has 1 aromatic heterocycles. The lowest BCUT2D eigenvalue weighted by Gasteiger charge is -2.33. The van der Waals surface area contributed by atoms with Crippen LogP contribution < -0.4 is 10.6 Å². The SMILES string of the molecule is CN=C(NCCCN1CCCCC1C)NCc1ccc(C)s1.I. The minimum Gasteiger partial charge on any atom is -0.356 e. The van der Waals surface area contributed by atoms with E-state index in [9.17, 15) is 0 Å². The number of piperidine rings is 1. The van der Waals surface area contributed by atoms with Crippen LogP contribution in [-0.4, -0.2) is 43.6 Å². The van der Waals surface area contributed by atoms with Crippen molar-refractivity contribution in [2.45, 2.75) is 52.1 Å². The van der Waals surface area contributed by atoms with E-state index in [4.69, 9.17) is 0 Å². The first-order valence-electron chi connectivity index (χ1n) is 8.43. The molecule has 2 rings (SSSR count). The van der Waals surface area contributed by atoms with Crippen LogP contribution in [0.1, 0.15) is 42.4 Å². The van der Waals surface area contributed by atoms with Crippen LogP contribution in [0.25, 0.3) is 0 Å². The molecule has 0 radical (unpaired) electrons. The molecule has 1 atom stereocenters. The summed E-state index contributed by atoms with van der Waals surface area (Å²) in [5.41, 5.74) is 0. The van der Waals surface area contributed by atoms with Crippen molar-refractivity contribution in [3.63, 3.8) is 0 Å². The molecule has 2 N–H and O–H groups in total. The van der Waals surface area contributed by atoms with Gasteiger partial charge in [-0.3, -0.25) is 4.99 Å². The van der Waals surface area contributed by atoms with Crippen LogP contribution >= 0.6 is 35.3 Å². The number of rotatable bonds is 6. The Labute approximate surface area is 162 Å². The van der Waals surface area contributed by atoms with Gasteiger partial charge in [-0.2, -0.15) is 0 Å². The summed E-state index contributed by atoms with van der Waals surface area (Å²) in [6, 6.07) is 5.10. The average Bonchev–Trinajstić information content (AvgIpc) is 2.94. The topological polar surface area (TPSA) is 39.7 Å². The summed E-state index contributed by atoms with van der Waals surface area (Å²) in [5, 5.41) is 6.80. The Morgan fingerprint density at radius 3 is 2.83 bits per heavy atom. The summed E-state index contributed by atoms with van der Waals surface area (Å²) in [7, 11) is 1.84. The fourth-order valence-electron chi connectivity index (χ4n) is 2.95. The molecule has 132 valence electrons. The van der Waals surface area contributed by atoms with E-state index in [1.807, 2.05) is 18.4 Å². The normalized spacial score (nSPS) is 19.3. The van der Waals surface area contributed by atoms with Crippen molar-refractivity contribution in [3.8, 4) is 0 Å². The zero-order chi connectivity index (χ0) is 15.8. The number of hydrogen-bond donors (Lipinski definition) is 2. The summed E-state index contributed by atoms with van der Waals surface area (Å²) in [5.74, 6) is 0.901. The Hall–Kier alpha value is -0.340. The summed E-state index contributed by atoms with van der Waals surface area (Å²) in [6.45, 7) is 8.79. The minimum atomic E-state index is 0. The van der Waals surface area contributed by atoms with E-state index >= 15 is 0 Å². The number of aliphatic imine (C=N–C) groups is 1. The smallest absolute Gasteiger partial charge is 0.191 e. The van der Waals surface area contributed by atoms with Gasteiger partial charge in [0.25, 0.3) is 0 Å². The van der Waals surface area contributed by atoms with Crippen molar-refractivity contribution in [2.24, 2.45) is 4.99 Å². The molecular formula is C17H31IN4S. The number of halogens is 1. The van der Waals surface area contributed by atoms with E-state index in [2.05, 4.69) is 46.5 Å². The van der Waals surface area contributed by atoms with Crippen LogP contribution in [-0.2, 0) is 6.54 Å². The maximum atomic E-state index is 4.29. The molecule has 1 unspecified atom stereocenters. The van der Waals surface area contributed by atoms with E-state index < -0.39 is 0 Å². The van der Waals surface area contributed by atoms with Gasteiger partial charge in [-0.25, -0.2) is 0 Å². The van der Waals surface area contributed by atoms with Crippen LogP contribution in [0.5, 0.6) is 0 Å². The summed E-state index contributed by atoms with van der Waals surface area (Å²) < 4.78 is 0. The van der Waals surface area contributed by atoms with Crippen LogP contribution in [0.15, 0.2) is 17.1 Å². The standard InChI is InChI=1S/C17H30N4S.HI/c1-14-7-4-5-11-21(14)12-6-10-19-17(18-3)20-13-16-9-8-15(2)22-16;/h8-9,14H,4-7,10-13H2,1-3H3,(H2,18,19,20);1H. The fourth-order valence-corrected chi connectivity index (χ4v) is 3.78. The molecule has 0 saturated carbocycles. The van der Waals surface area contributed by atoms with Crippen molar-refractivity contribution in [1.29, 1.82) is 0 Å². The third kappa shape index (κ3) is 7.39. The van der Waals surface area contributed by atoms with Gasteiger partial charge >= 0.3 is 0 Å². The van der Waals surface area contributed by atoms with Crippen molar-refractivity contribution in [2.75, 3.05) is 26.7 Å². The average molecular weight is 450 g/mol. The fraction of sp³-hybridized carbons (Fsp3) is 0.706. The third-order valence-corrected chi connectivity index (χ3v) is 5.31. The molecule has 1 aromatic rings. The third-order valence-electron chi connectivity index (χ3n) is 4.30. The van der Waals surface area contributed by atoms with E-state index in [-0.39, 0.29) is 24.0 Å². The first kappa shape index (κ1) is 20.7. The zero-order valence-corrected chi connectivity index (χ0v) is 17.7. The van der Waals surface area contributed by atoms with Gasteiger partial charge in [0, 0.05) is 35.9 Å². The number of guanidine groups is 1. The molecule has 1 saturated heterocycles. The molecule has 0 amide bonds. The number of nitrogens with zero attached hydrogens (tertiary/aromatic N) is 2. The van der Waals surface area contributed by atoms with Crippen LogP contribution in [0.2, 0.25) is 0 Å². The Balaban J connectivity index is 0.00000264. The Morgan fingerprint density at radius 2 is 2.17 bits per heavy atom. The highest BCUT2D eigenvalue weighted by molar-refractivity contribution is 14.0. The highest BCUT2D eigenvalue weighted by Crippen LogP contribution is 2.16. The maximum absolute atomic E-state index is 4.29. The largest absolute Gasteiger partial charge is 0.356 e. The zero-order valence-electron chi connectivity index (χ0n) is 14.6. The molecule has 0 aliphatic carbocycles. The second-order valence-electron chi connectivity index (χ2n) is 6.10. The van der Waals surface area contributed by atoms with Gasteiger partial charge in [0.15, 0.2) is 5.96 Å². The molecule has 4 nitrogen and oxygen atoms in total. The van der Waals surface area contributed by atoms with E-state index in [1.54, 1.807) is 0 Å². The molecular weight excluding hydrogens is 419 g/mol. The molecule has 1 aliphatic heterocycles. The molecule has 0 spiro atoms. The van der Waals surface area contributed by atoms with Crippen molar-refractivity contribution in [3.05, 3.63) is 21.9 Å². The molecule has 1 aliphatic rings. The van der Waals surface area contributed by atoms with Gasteiger partial charge in [-0.05, 0) is 51.8 Å². The Kier molecular flexibility index (Phi) is 10.1. The highest BCUT2D eigenvalue weighted by atomic mass is 127. The highest BCUT2D eigenvalue weighted by Gasteiger charge is 2.17. The molecule has 0 bridgehead atoms. The molecule has 6 heteroatoms. The predicted octanol–water partition coefficient (Wildman–Crippen LogP) is 3.60. The number of likely N-dealkylation sites (tertiary alicyclic amines) is 1. The predicted molar refractivity (Wildman–Crippen MR) is 112 cm³/mol. The van der Waals surface area contributed by atoms with Gasteiger partial charge in [0.1, 0.15) is 0 Å². The lowest BCUT2D eigenvalue weighted by Crippen LogP contribution is -2.41. The second kappa shape index (κ2) is 11.3. The number of hydrogen-bond acceptors (Lipinski definition) is 3. The van der Waals surface area contributed by atoms with Crippen molar-refractivity contribution >= 4 is 41.3 Å². The van der Waals surface area contributed by atoms with Gasteiger partial charge in [-0.15, -0.1) is 35.3 Å². The van der Waals surface area contributed by atoms with Gasteiger partial charge in [0.2, 0.25) is 0 Å². The molecule has 0 aromatic carbocycles. The molecule has 2 heterocycles. The second-order valence-corrected chi connectivity index (χ2v) is 7.47. The lowest BCUT2D eigenvalue weighted by molar-refractivity contribution is 0.159. The maximum Gasteiger partial charge on any atom is 0.191 e. The van der Waals surface area contributed by atoms with Crippen molar-refractivity contribution in [1.82, 2.24) is 15.5 Å². The first-order chi connectivity index (χ1) is 10.7. The van der Waals surface area contributed by atoms with E-state index in [0.29, 0.717) is 0 Å². The molecule has 23 heavy (non-hydrogen) atoms. The van der Waals surface area contributed by atoms with Gasteiger partial charge in [-0.1, -0.05) is 6.42 Å². The van der Waals surface area contributed by atoms with Crippen LogP contribution in [0.3, 0.4) is 0 Å². The Morgan fingerprint density at radius 1 is 1.35 bits per heavy atom. The van der Waals surface area contributed by atoms with Crippen molar-refractivity contribution < 1.29 is 0 Å². The summed E-state index contributed by atoms with van der Waals surface area (Å²) in [4.78, 5) is 9.62. The summed E-state index contributed by atoms with van der Waals surface area (Å²) in [6.07, 6.45) is 5.29. The monoisotopic (exact) mass is 450 g/mol. The lowest BCUT2D eigenvalue weighted by atomic mass is 10.0. The van der Waals surface area contributed by atoms with E-state index in [1.165, 1.54) is 48.5 Å². The van der Waals surface area contributed by atoms with Crippen LogP contribution in [0, 0.1) is 6.92 Å². The van der Waals surface area contributed by atoms with Crippen LogP contribution in [0.4, 0.5) is 0 Å². The van der Waals surface area contributed by atoms with Gasteiger partial charge in [0.05, 0.1) is 6.54 Å². The molecule has 1 fully saturated rings. The number of aryl methyl sites for hydroxylation is 1. The van der Waals surface area contributed by atoms with E-state index in [0.717, 1.165) is 25.1 Å². The van der Waals surface area contributed by atoms with Gasteiger partial charge < -0.3 is 15.5 Å². The summed E-state index contributed by atoms with van der Waals surface area (Å²) >= 11 is 1.84. The number of thiophene rings is 1. The quantitative estimate of drug-likeness (QED) is 0.301.